The van der Waals surface area contributed by atoms with Crippen LogP contribution in [0, 0.1) is 5.92 Å². The van der Waals surface area contributed by atoms with Crippen LogP contribution >= 0.6 is 0 Å². The van der Waals surface area contributed by atoms with Gasteiger partial charge in [-0.25, -0.2) is 0 Å². The zero-order chi connectivity index (χ0) is 18.1. The molecule has 140 valence electrons. The van der Waals surface area contributed by atoms with Gasteiger partial charge in [0.2, 0.25) is 11.8 Å². The summed E-state index contributed by atoms with van der Waals surface area (Å²) in [6, 6.07) is 7.96. The number of nitrogens with zero attached hydrogens (tertiary/aromatic N) is 2. The molecule has 6 nitrogen and oxygen atoms in total. The zero-order valence-electron chi connectivity index (χ0n) is 15.3. The lowest BCUT2D eigenvalue weighted by Crippen LogP contribution is -2.49. The lowest BCUT2D eigenvalue weighted by Gasteiger charge is -2.38. The van der Waals surface area contributed by atoms with Gasteiger partial charge in [-0.2, -0.15) is 0 Å². The number of hydrogen-bond acceptors (Lipinski definition) is 4. The summed E-state index contributed by atoms with van der Waals surface area (Å²) in [6.45, 7) is 5.10. The zero-order valence-corrected chi connectivity index (χ0v) is 15.3. The van der Waals surface area contributed by atoms with Crippen LogP contribution in [0.5, 0.6) is 0 Å². The first-order valence-corrected chi connectivity index (χ1v) is 9.57. The number of ether oxygens (including phenoxy) is 2. The number of benzene rings is 1. The van der Waals surface area contributed by atoms with Gasteiger partial charge in [0.15, 0.2) is 5.79 Å². The molecule has 3 saturated heterocycles. The fourth-order valence-corrected chi connectivity index (χ4v) is 4.29. The van der Waals surface area contributed by atoms with E-state index in [4.69, 9.17) is 9.47 Å². The first-order chi connectivity index (χ1) is 12.6. The normalized spacial score (nSPS) is 25.3. The summed E-state index contributed by atoms with van der Waals surface area (Å²) >= 11 is 0. The highest BCUT2D eigenvalue weighted by molar-refractivity contribution is 6.00. The maximum Gasteiger partial charge on any atom is 0.228 e. The predicted molar refractivity (Wildman–Crippen MR) is 96.7 cm³/mol. The quantitative estimate of drug-likeness (QED) is 0.829. The molecule has 0 radical (unpaired) electrons. The minimum atomic E-state index is -0.478. The third-order valence-corrected chi connectivity index (χ3v) is 5.79. The Balaban J connectivity index is 1.41. The first-order valence-electron chi connectivity index (χ1n) is 9.57. The van der Waals surface area contributed by atoms with Crippen molar-refractivity contribution in [1.82, 2.24) is 4.90 Å². The van der Waals surface area contributed by atoms with Crippen LogP contribution in [-0.4, -0.2) is 55.3 Å². The minimum absolute atomic E-state index is 0.0418. The van der Waals surface area contributed by atoms with Gasteiger partial charge in [0.1, 0.15) is 0 Å². The van der Waals surface area contributed by atoms with Crippen molar-refractivity contribution in [1.29, 1.82) is 0 Å². The van der Waals surface area contributed by atoms with Crippen molar-refractivity contribution in [3.05, 3.63) is 29.8 Å². The van der Waals surface area contributed by atoms with Crippen molar-refractivity contribution in [3.8, 4) is 0 Å². The van der Waals surface area contributed by atoms with Gasteiger partial charge in [-0.3, -0.25) is 9.59 Å². The van der Waals surface area contributed by atoms with E-state index in [2.05, 4.69) is 6.92 Å². The van der Waals surface area contributed by atoms with E-state index < -0.39 is 5.79 Å². The Kier molecular flexibility index (Phi) is 4.71. The topological polar surface area (TPSA) is 59.1 Å². The fourth-order valence-electron chi connectivity index (χ4n) is 4.29. The summed E-state index contributed by atoms with van der Waals surface area (Å²) < 4.78 is 11.5. The van der Waals surface area contributed by atoms with E-state index in [1.807, 2.05) is 29.2 Å². The van der Waals surface area contributed by atoms with E-state index in [-0.39, 0.29) is 17.7 Å². The van der Waals surface area contributed by atoms with Crippen LogP contribution < -0.4 is 4.90 Å². The standard InChI is InChI=1S/C20H26N2O4/c1-2-15-5-3-4-6-17(15)22-14-16(13-18(22)23)19(24)21-9-7-20(8-10-21)25-11-12-26-20/h3-6,16H,2,7-14H2,1H3/t16-/m1/s1. The van der Waals surface area contributed by atoms with Gasteiger partial charge in [0.25, 0.3) is 0 Å². The highest BCUT2D eigenvalue weighted by Gasteiger charge is 2.43. The molecule has 1 spiro atoms. The van der Waals surface area contributed by atoms with Gasteiger partial charge in [0.05, 0.1) is 19.1 Å². The Labute approximate surface area is 154 Å². The monoisotopic (exact) mass is 358 g/mol. The Hall–Kier alpha value is -1.92. The number of carbonyl (C=O) groups excluding carboxylic acids is 2. The summed E-state index contributed by atoms with van der Waals surface area (Å²) in [7, 11) is 0. The predicted octanol–water partition coefficient (Wildman–Crippen LogP) is 1.97. The van der Waals surface area contributed by atoms with Gasteiger partial charge in [-0.1, -0.05) is 25.1 Å². The van der Waals surface area contributed by atoms with E-state index in [1.54, 1.807) is 4.90 Å². The SMILES string of the molecule is CCc1ccccc1N1C[C@H](C(=O)N2CCC3(CC2)OCCO3)CC1=O. The van der Waals surface area contributed by atoms with E-state index >= 15 is 0 Å². The number of piperidine rings is 1. The van der Waals surface area contributed by atoms with E-state index in [1.165, 1.54) is 0 Å². The molecule has 0 aromatic heterocycles. The summed E-state index contributed by atoms with van der Waals surface area (Å²) in [5.74, 6) is -0.608. The highest BCUT2D eigenvalue weighted by Crippen LogP contribution is 2.34. The summed E-state index contributed by atoms with van der Waals surface area (Å²) in [4.78, 5) is 29.2. The number of hydrogen-bond donors (Lipinski definition) is 0. The van der Waals surface area contributed by atoms with E-state index in [9.17, 15) is 9.59 Å². The number of aryl methyl sites for hydroxylation is 1. The molecular formula is C20H26N2O4. The largest absolute Gasteiger partial charge is 0.347 e. The van der Waals surface area contributed by atoms with Crippen LogP contribution in [-0.2, 0) is 25.5 Å². The number of para-hydroxylation sites is 1. The molecular weight excluding hydrogens is 332 g/mol. The second-order valence-corrected chi connectivity index (χ2v) is 7.32. The highest BCUT2D eigenvalue weighted by atomic mass is 16.7. The van der Waals surface area contributed by atoms with Crippen LogP contribution in [0.25, 0.3) is 0 Å². The lowest BCUT2D eigenvalue weighted by atomic mass is 10.0. The minimum Gasteiger partial charge on any atom is -0.347 e. The molecule has 0 aliphatic carbocycles. The van der Waals surface area contributed by atoms with Gasteiger partial charge in [-0.15, -0.1) is 0 Å². The Morgan fingerprint density at radius 1 is 1.19 bits per heavy atom. The van der Waals surface area contributed by atoms with E-state index in [0.717, 1.165) is 17.7 Å². The van der Waals surface area contributed by atoms with Gasteiger partial charge in [-0.05, 0) is 18.1 Å². The molecule has 4 rings (SSSR count). The molecule has 6 heteroatoms. The van der Waals surface area contributed by atoms with Gasteiger partial charge < -0.3 is 19.3 Å². The van der Waals surface area contributed by atoms with Crippen molar-refractivity contribution < 1.29 is 19.1 Å². The fraction of sp³-hybridized carbons (Fsp3) is 0.600. The number of anilines is 1. The molecule has 2 amide bonds. The molecule has 1 atom stereocenters. The van der Waals surface area contributed by atoms with Crippen molar-refractivity contribution in [3.63, 3.8) is 0 Å². The molecule has 3 fully saturated rings. The number of rotatable bonds is 3. The lowest BCUT2D eigenvalue weighted by molar-refractivity contribution is -0.188. The average molecular weight is 358 g/mol. The van der Waals surface area contributed by atoms with Crippen LogP contribution in [0.1, 0.15) is 31.7 Å². The smallest absolute Gasteiger partial charge is 0.228 e. The molecule has 0 bridgehead atoms. The third-order valence-electron chi connectivity index (χ3n) is 5.79. The van der Waals surface area contributed by atoms with Crippen molar-refractivity contribution in [2.45, 2.75) is 38.4 Å². The maximum atomic E-state index is 12.9. The first kappa shape index (κ1) is 17.5. The molecule has 3 aliphatic heterocycles. The van der Waals surface area contributed by atoms with Crippen molar-refractivity contribution in [2.24, 2.45) is 5.92 Å². The summed E-state index contributed by atoms with van der Waals surface area (Å²) in [5, 5.41) is 0. The number of amides is 2. The van der Waals surface area contributed by atoms with E-state index in [0.29, 0.717) is 52.1 Å². The second-order valence-electron chi connectivity index (χ2n) is 7.32. The van der Waals surface area contributed by atoms with Crippen molar-refractivity contribution in [2.75, 3.05) is 37.7 Å². The molecule has 0 saturated carbocycles. The average Bonchev–Trinajstić information content (AvgIpc) is 3.28. The molecule has 0 N–H and O–H groups in total. The molecule has 26 heavy (non-hydrogen) atoms. The Bertz CT molecular complexity index is 689. The van der Waals surface area contributed by atoms with Crippen molar-refractivity contribution >= 4 is 17.5 Å². The summed E-state index contributed by atoms with van der Waals surface area (Å²) in [5.41, 5.74) is 2.09. The van der Waals surface area contributed by atoms with Crippen LogP contribution in [0.15, 0.2) is 24.3 Å². The van der Waals surface area contributed by atoms with Gasteiger partial charge in [0, 0.05) is 44.6 Å². The Morgan fingerprint density at radius 2 is 1.88 bits per heavy atom. The maximum absolute atomic E-state index is 12.9. The molecule has 1 aromatic rings. The van der Waals surface area contributed by atoms with Crippen LogP contribution in [0.4, 0.5) is 5.69 Å². The third kappa shape index (κ3) is 3.12. The number of likely N-dealkylation sites (tertiary alicyclic amines) is 1. The molecule has 1 aromatic carbocycles. The van der Waals surface area contributed by atoms with Crippen LogP contribution in [0.2, 0.25) is 0 Å². The second kappa shape index (κ2) is 7.00. The number of carbonyl (C=O) groups is 2. The van der Waals surface area contributed by atoms with Crippen LogP contribution in [0.3, 0.4) is 0 Å². The summed E-state index contributed by atoms with van der Waals surface area (Å²) in [6.07, 6.45) is 2.59. The molecule has 3 heterocycles. The molecule has 3 aliphatic rings. The molecule has 0 unspecified atom stereocenters. The Morgan fingerprint density at radius 3 is 2.58 bits per heavy atom. The van der Waals surface area contributed by atoms with Gasteiger partial charge >= 0.3 is 0 Å².